The molecule has 3 aromatic rings. The van der Waals surface area contributed by atoms with Gasteiger partial charge < -0.3 is 24.4 Å². The first-order valence-electron chi connectivity index (χ1n) is 11.6. The van der Waals surface area contributed by atoms with Crippen LogP contribution in [0.5, 0.6) is 5.75 Å². The van der Waals surface area contributed by atoms with Crippen LogP contribution < -0.4 is 15.0 Å². The predicted octanol–water partition coefficient (Wildman–Crippen LogP) is 3.51. The third kappa shape index (κ3) is 4.57. The molecule has 1 N–H and O–H groups in total. The van der Waals surface area contributed by atoms with E-state index in [1.54, 1.807) is 12.3 Å². The van der Waals surface area contributed by atoms with Crippen LogP contribution in [0.4, 0.5) is 11.5 Å². The minimum Gasteiger partial charge on any atom is -0.493 e. The molecule has 1 atom stereocenters. The first kappa shape index (κ1) is 21.5. The van der Waals surface area contributed by atoms with E-state index in [2.05, 4.69) is 43.6 Å². The van der Waals surface area contributed by atoms with Crippen molar-refractivity contribution < 1.29 is 9.53 Å². The SMILES string of the molecule is C[C@H]1CN(C)CCN1c1ccc2c(c1)OCCCCn1ccnc1-c1cccc(n1)NC2=O. The number of pyridine rings is 1. The number of likely N-dealkylation sites (N-methyl/N-ethyl adjacent to an activating group) is 1. The van der Waals surface area contributed by atoms with E-state index in [1.165, 1.54) is 0 Å². The average Bonchev–Trinajstić information content (AvgIpc) is 3.27. The van der Waals surface area contributed by atoms with Crippen LogP contribution >= 0.6 is 0 Å². The van der Waals surface area contributed by atoms with E-state index in [-0.39, 0.29) is 5.91 Å². The molecule has 0 unspecified atom stereocenters. The van der Waals surface area contributed by atoms with Gasteiger partial charge in [-0.2, -0.15) is 0 Å². The highest BCUT2D eigenvalue weighted by atomic mass is 16.5. The molecule has 0 aliphatic carbocycles. The lowest BCUT2D eigenvalue weighted by atomic mass is 10.1. The molecule has 2 bridgehead atoms. The standard InChI is InChI=1S/C25H30N6O2/c1-18-17-29(2)13-14-31(18)19-8-9-20-22(16-19)33-15-4-3-11-30-12-10-26-24(30)21-6-5-7-23(27-21)28-25(20)32/h5-10,12,16,18H,3-4,11,13-15,17H2,1-2H3,(H,27,28,32)/t18-/m0/s1. The van der Waals surface area contributed by atoms with Gasteiger partial charge in [-0.1, -0.05) is 6.07 Å². The highest BCUT2D eigenvalue weighted by Crippen LogP contribution is 2.30. The van der Waals surface area contributed by atoms with Crippen LogP contribution in [0, 0.1) is 0 Å². The Balaban J connectivity index is 1.46. The number of anilines is 2. The summed E-state index contributed by atoms with van der Waals surface area (Å²) in [4.78, 5) is 27.0. The summed E-state index contributed by atoms with van der Waals surface area (Å²) < 4.78 is 8.27. The predicted molar refractivity (Wildman–Crippen MR) is 129 cm³/mol. The fourth-order valence-corrected chi connectivity index (χ4v) is 4.62. The Morgan fingerprint density at radius 3 is 2.91 bits per heavy atom. The molecule has 1 saturated heterocycles. The molecule has 1 aromatic carbocycles. The van der Waals surface area contributed by atoms with Crippen LogP contribution in [-0.4, -0.2) is 64.7 Å². The summed E-state index contributed by atoms with van der Waals surface area (Å²) in [6, 6.07) is 11.9. The lowest BCUT2D eigenvalue weighted by molar-refractivity contribution is 0.102. The van der Waals surface area contributed by atoms with Crippen molar-refractivity contribution in [2.45, 2.75) is 32.4 Å². The molecular weight excluding hydrogens is 416 g/mol. The summed E-state index contributed by atoms with van der Waals surface area (Å²) in [6.07, 6.45) is 5.57. The molecule has 33 heavy (non-hydrogen) atoms. The monoisotopic (exact) mass is 446 g/mol. The zero-order chi connectivity index (χ0) is 22.8. The van der Waals surface area contributed by atoms with Gasteiger partial charge in [-0.05, 0) is 51.1 Å². The number of fused-ring (bicyclic) bond motifs is 5. The summed E-state index contributed by atoms with van der Waals surface area (Å²) in [5.41, 5.74) is 2.35. The van der Waals surface area contributed by atoms with Crippen LogP contribution in [0.15, 0.2) is 48.8 Å². The van der Waals surface area contributed by atoms with Crippen molar-refractivity contribution in [2.24, 2.45) is 0 Å². The zero-order valence-corrected chi connectivity index (χ0v) is 19.2. The molecule has 1 amide bonds. The van der Waals surface area contributed by atoms with Gasteiger partial charge in [-0.15, -0.1) is 0 Å². The molecule has 2 aromatic heterocycles. The van der Waals surface area contributed by atoms with Gasteiger partial charge in [0, 0.05) is 56.4 Å². The lowest BCUT2D eigenvalue weighted by Crippen LogP contribution is -2.50. The number of carbonyl (C=O) groups is 1. The van der Waals surface area contributed by atoms with Gasteiger partial charge in [0.25, 0.3) is 5.91 Å². The number of benzene rings is 1. The Kier molecular flexibility index (Phi) is 6.00. The fraction of sp³-hybridized carbons (Fsp3) is 0.400. The molecule has 0 saturated carbocycles. The number of imidazole rings is 1. The summed E-state index contributed by atoms with van der Waals surface area (Å²) in [6.45, 7) is 6.60. The number of rotatable bonds is 1. The van der Waals surface area contributed by atoms with E-state index in [9.17, 15) is 4.79 Å². The lowest BCUT2D eigenvalue weighted by Gasteiger charge is -2.40. The van der Waals surface area contributed by atoms with Crippen molar-refractivity contribution in [3.8, 4) is 17.3 Å². The molecule has 0 spiro atoms. The quantitative estimate of drug-likeness (QED) is 0.617. The summed E-state index contributed by atoms with van der Waals surface area (Å²) in [5.74, 6) is 1.68. The number of hydrogen-bond donors (Lipinski definition) is 1. The number of aryl methyl sites for hydroxylation is 1. The maximum Gasteiger partial charge on any atom is 0.260 e. The number of nitrogens with one attached hydrogen (secondary N) is 1. The minimum atomic E-state index is -0.229. The molecule has 8 heteroatoms. The highest BCUT2D eigenvalue weighted by molar-refractivity contribution is 6.06. The number of ether oxygens (including phenoxy) is 1. The van der Waals surface area contributed by atoms with E-state index in [1.807, 2.05) is 36.5 Å². The van der Waals surface area contributed by atoms with Gasteiger partial charge in [-0.3, -0.25) is 4.79 Å². The van der Waals surface area contributed by atoms with Crippen LogP contribution in [0.3, 0.4) is 0 Å². The molecule has 8 nitrogen and oxygen atoms in total. The van der Waals surface area contributed by atoms with E-state index in [0.29, 0.717) is 29.8 Å². The van der Waals surface area contributed by atoms with Crippen molar-refractivity contribution >= 4 is 17.4 Å². The fourth-order valence-electron chi connectivity index (χ4n) is 4.62. The first-order valence-corrected chi connectivity index (χ1v) is 11.6. The molecular formula is C25H30N6O2. The van der Waals surface area contributed by atoms with Crippen LogP contribution in [-0.2, 0) is 6.54 Å². The van der Waals surface area contributed by atoms with Gasteiger partial charge in [-0.25, -0.2) is 9.97 Å². The van der Waals surface area contributed by atoms with Gasteiger partial charge in [0.2, 0.25) is 0 Å². The third-order valence-corrected chi connectivity index (χ3v) is 6.36. The van der Waals surface area contributed by atoms with E-state index >= 15 is 0 Å². The Bertz CT molecular complexity index is 1140. The maximum absolute atomic E-state index is 13.2. The van der Waals surface area contributed by atoms with Crippen LogP contribution in [0.2, 0.25) is 0 Å². The second-order valence-electron chi connectivity index (χ2n) is 8.85. The number of piperazine rings is 1. The van der Waals surface area contributed by atoms with Crippen LogP contribution in [0.1, 0.15) is 30.1 Å². The summed E-state index contributed by atoms with van der Waals surface area (Å²) in [5, 5.41) is 2.94. The molecule has 172 valence electrons. The van der Waals surface area contributed by atoms with Crippen molar-refractivity contribution in [1.29, 1.82) is 0 Å². The summed E-state index contributed by atoms with van der Waals surface area (Å²) in [7, 11) is 2.15. The Morgan fingerprint density at radius 2 is 2.03 bits per heavy atom. The maximum atomic E-state index is 13.2. The highest BCUT2D eigenvalue weighted by Gasteiger charge is 2.24. The normalized spacial score (nSPS) is 19.6. The molecule has 5 rings (SSSR count). The molecule has 4 heterocycles. The van der Waals surface area contributed by atoms with Crippen molar-refractivity contribution in [1.82, 2.24) is 19.4 Å². The molecule has 2 aliphatic heterocycles. The van der Waals surface area contributed by atoms with Crippen LogP contribution in [0.25, 0.3) is 11.5 Å². The Morgan fingerprint density at radius 1 is 1.12 bits per heavy atom. The Labute approximate surface area is 194 Å². The smallest absolute Gasteiger partial charge is 0.260 e. The number of aromatic nitrogens is 3. The van der Waals surface area contributed by atoms with E-state index < -0.39 is 0 Å². The second kappa shape index (κ2) is 9.23. The average molecular weight is 447 g/mol. The molecule has 2 aliphatic rings. The minimum absolute atomic E-state index is 0.229. The van der Waals surface area contributed by atoms with E-state index in [0.717, 1.165) is 56.2 Å². The van der Waals surface area contributed by atoms with Gasteiger partial charge in [0.15, 0.2) is 5.82 Å². The Hall–Kier alpha value is -3.39. The van der Waals surface area contributed by atoms with Gasteiger partial charge in [0.1, 0.15) is 17.3 Å². The van der Waals surface area contributed by atoms with Crippen molar-refractivity contribution in [3.63, 3.8) is 0 Å². The van der Waals surface area contributed by atoms with Crippen molar-refractivity contribution in [2.75, 3.05) is 43.5 Å². The molecule has 0 radical (unpaired) electrons. The third-order valence-electron chi connectivity index (χ3n) is 6.36. The van der Waals surface area contributed by atoms with Gasteiger partial charge in [0.05, 0.1) is 12.2 Å². The topological polar surface area (TPSA) is 75.5 Å². The summed E-state index contributed by atoms with van der Waals surface area (Å²) >= 11 is 0. The van der Waals surface area contributed by atoms with Gasteiger partial charge >= 0.3 is 0 Å². The number of nitrogens with zero attached hydrogens (tertiary/aromatic N) is 5. The number of hydrogen-bond acceptors (Lipinski definition) is 6. The largest absolute Gasteiger partial charge is 0.493 e. The first-order chi connectivity index (χ1) is 16.1. The number of carbonyl (C=O) groups excluding carboxylic acids is 1. The molecule has 1 fully saturated rings. The van der Waals surface area contributed by atoms with E-state index in [4.69, 9.17) is 4.74 Å². The number of amides is 1. The second-order valence-corrected chi connectivity index (χ2v) is 8.85. The zero-order valence-electron chi connectivity index (χ0n) is 19.2. The van der Waals surface area contributed by atoms with Crippen molar-refractivity contribution in [3.05, 3.63) is 54.4 Å².